The van der Waals surface area contributed by atoms with Crippen LogP contribution in [0, 0.1) is 73.9 Å². The molecular weight excluding hydrogens is 516 g/mol. The molecule has 12 unspecified atom stereocenters. The van der Waals surface area contributed by atoms with Crippen LogP contribution in [0.25, 0.3) is 0 Å². The fourth-order valence-electron chi connectivity index (χ4n) is 14.7. The van der Waals surface area contributed by atoms with Gasteiger partial charge in [-0.05, 0) is 140 Å². The van der Waals surface area contributed by atoms with Crippen LogP contribution < -0.4 is 0 Å². The zero-order valence-electron chi connectivity index (χ0n) is 28.8. The molecule has 0 aromatic heterocycles. The quantitative estimate of drug-likeness (QED) is 0.241. The first-order valence-corrected chi connectivity index (χ1v) is 17.9. The van der Waals surface area contributed by atoms with Gasteiger partial charge < -0.3 is 9.47 Å². The molecule has 0 aromatic rings. The maximum Gasteiger partial charge on any atom is 0.333 e. The van der Waals surface area contributed by atoms with E-state index in [1.54, 1.807) is 0 Å². The monoisotopic (exact) mass is 578 g/mol. The molecule has 6 bridgehead atoms. The molecule has 42 heavy (non-hydrogen) atoms. The van der Waals surface area contributed by atoms with Crippen LogP contribution in [0.2, 0.25) is 0 Å². The predicted octanol–water partition coefficient (Wildman–Crippen LogP) is 9.64. The fourth-order valence-corrected chi connectivity index (χ4v) is 14.7. The van der Waals surface area contributed by atoms with E-state index in [2.05, 4.69) is 68.9 Å². The normalized spacial score (nSPS) is 54.4. The van der Waals surface area contributed by atoms with Gasteiger partial charge in [0.1, 0.15) is 5.60 Å². The Balaban J connectivity index is 1.46. The number of esters is 1. The molecule has 1 aliphatic heterocycles. The van der Waals surface area contributed by atoms with Crippen LogP contribution in [0.3, 0.4) is 0 Å². The van der Waals surface area contributed by atoms with Gasteiger partial charge in [0, 0.05) is 17.6 Å². The molecule has 0 N–H and O–H groups in total. The molecule has 3 nitrogen and oxygen atoms in total. The van der Waals surface area contributed by atoms with Crippen molar-refractivity contribution in [2.45, 2.75) is 145 Å². The van der Waals surface area contributed by atoms with E-state index in [1.807, 2.05) is 6.92 Å². The minimum atomic E-state index is -0.610. The minimum Gasteiger partial charge on any atom is -0.452 e. The van der Waals surface area contributed by atoms with E-state index >= 15 is 0 Å². The van der Waals surface area contributed by atoms with Gasteiger partial charge in [0.25, 0.3) is 0 Å². The summed E-state index contributed by atoms with van der Waals surface area (Å²) in [6.45, 7) is 30.3. The summed E-state index contributed by atoms with van der Waals surface area (Å²) in [5, 5.41) is 0. The molecule has 9 saturated carbocycles. The lowest BCUT2D eigenvalue weighted by molar-refractivity contribution is -0.385. The van der Waals surface area contributed by atoms with E-state index in [0.29, 0.717) is 45.5 Å². The molecule has 12 atom stereocenters. The molecule has 0 radical (unpaired) electrons. The molecule has 10 aliphatic rings. The van der Waals surface area contributed by atoms with Crippen molar-refractivity contribution in [3.63, 3.8) is 0 Å². The SMILES string of the molecule is C=C(C)C(=O)OC1(C2CCCCO2)CC2CC(C2(C)C)C1(C)C1(C)C2CC(CC1C1(C)CCC3CC1C3(C)C)C2(C)C. The van der Waals surface area contributed by atoms with Crippen molar-refractivity contribution in [3.8, 4) is 0 Å². The van der Waals surface area contributed by atoms with Gasteiger partial charge in [-0.15, -0.1) is 0 Å². The smallest absolute Gasteiger partial charge is 0.333 e. The van der Waals surface area contributed by atoms with Crippen molar-refractivity contribution >= 4 is 5.97 Å². The molecule has 10 rings (SSSR count). The molecular formula is C39H62O3. The number of carbonyl (C=O) groups is 1. The molecule has 1 heterocycles. The van der Waals surface area contributed by atoms with E-state index in [1.165, 1.54) is 44.9 Å². The van der Waals surface area contributed by atoms with Crippen LogP contribution in [0.4, 0.5) is 0 Å². The summed E-state index contributed by atoms with van der Waals surface area (Å²) >= 11 is 0. The second kappa shape index (κ2) is 8.70. The lowest BCUT2D eigenvalue weighted by Gasteiger charge is -2.83. The molecule has 0 aromatic carbocycles. The summed E-state index contributed by atoms with van der Waals surface area (Å²) < 4.78 is 14.0. The van der Waals surface area contributed by atoms with Crippen LogP contribution in [0.1, 0.15) is 133 Å². The van der Waals surface area contributed by atoms with Crippen molar-refractivity contribution < 1.29 is 14.3 Å². The number of ether oxygens (including phenoxy) is 2. The Morgan fingerprint density at radius 2 is 1.33 bits per heavy atom. The standard InChI is InChI=1S/C39H62O3/c1-23(2)32(40)42-39(31-14-12-13-17-41-31)22-26-21-29(35(26,7)8)38(39,11)37(10)28-19-25(34(28,5)6)20-30(37)36(9)16-15-24-18-27(36)33(24,3)4/h24-31H,1,12-22H2,2-11H3. The Morgan fingerprint density at radius 3 is 1.88 bits per heavy atom. The van der Waals surface area contributed by atoms with Gasteiger partial charge in [0.05, 0.1) is 6.10 Å². The van der Waals surface area contributed by atoms with Crippen molar-refractivity contribution in [2.75, 3.05) is 6.61 Å². The van der Waals surface area contributed by atoms with Gasteiger partial charge in [0.15, 0.2) is 0 Å². The summed E-state index contributed by atoms with van der Waals surface area (Å²) in [5.41, 5.74) is 1.11. The minimum absolute atomic E-state index is 0.0250. The molecule has 3 heteroatoms. The second-order valence-electron chi connectivity index (χ2n) is 19.4. The van der Waals surface area contributed by atoms with E-state index in [-0.39, 0.29) is 28.3 Å². The first-order chi connectivity index (χ1) is 19.4. The highest BCUT2D eigenvalue weighted by Crippen LogP contribution is 2.85. The maximum atomic E-state index is 13.8. The predicted molar refractivity (Wildman–Crippen MR) is 170 cm³/mol. The van der Waals surface area contributed by atoms with Crippen molar-refractivity contribution in [1.29, 1.82) is 0 Å². The Kier molecular flexibility index (Phi) is 6.18. The Morgan fingerprint density at radius 1 is 0.738 bits per heavy atom. The maximum absolute atomic E-state index is 13.8. The topological polar surface area (TPSA) is 35.5 Å². The highest BCUT2D eigenvalue weighted by molar-refractivity contribution is 5.87. The molecule has 0 spiro atoms. The van der Waals surface area contributed by atoms with Crippen molar-refractivity contribution in [1.82, 2.24) is 0 Å². The lowest BCUT2D eigenvalue weighted by Crippen LogP contribution is -2.82. The highest BCUT2D eigenvalue weighted by atomic mass is 16.6. The third-order valence-electron chi connectivity index (χ3n) is 17.6. The molecule has 0 amide bonds. The zero-order chi connectivity index (χ0) is 30.5. The second-order valence-corrected chi connectivity index (χ2v) is 19.4. The number of fused-ring (bicyclic) bond motifs is 8. The summed E-state index contributed by atoms with van der Waals surface area (Å²) in [6, 6.07) is 0. The molecule has 236 valence electrons. The van der Waals surface area contributed by atoms with Gasteiger partial charge in [-0.25, -0.2) is 4.79 Å². The first-order valence-electron chi connectivity index (χ1n) is 17.9. The fraction of sp³-hybridized carbons (Fsp3) is 0.923. The average molecular weight is 579 g/mol. The third kappa shape index (κ3) is 3.22. The summed E-state index contributed by atoms with van der Waals surface area (Å²) in [6.07, 6.45) is 12.3. The van der Waals surface area contributed by atoms with Crippen molar-refractivity contribution in [3.05, 3.63) is 12.2 Å². The van der Waals surface area contributed by atoms with Crippen LogP contribution in [0.5, 0.6) is 0 Å². The lowest BCUT2D eigenvalue weighted by atomic mass is 9.22. The Bertz CT molecular complexity index is 1170. The Labute approximate surface area is 257 Å². The van der Waals surface area contributed by atoms with Crippen LogP contribution >= 0.6 is 0 Å². The molecule has 1 saturated heterocycles. The van der Waals surface area contributed by atoms with Gasteiger partial charge in [-0.3, -0.25) is 0 Å². The van der Waals surface area contributed by atoms with Gasteiger partial charge in [0.2, 0.25) is 0 Å². The zero-order valence-corrected chi connectivity index (χ0v) is 28.8. The summed E-state index contributed by atoms with van der Waals surface area (Å²) in [7, 11) is 0. The number of rotatable bonds is 5. The molecule has 10 fully saturated rings. The number of hydrogen-bond acceptors (Lipinski definition) is 3. The van der Waals surface area contributed by atoms with E-state index in [0.717, 1.165) is 43.6 Å². The first kappa shape index (κ1) is 29.9. The van der Waals surface area contributed by atoms with Gasteiger partial charge in [-0.1, -0.05) is 68.9 Å². The van der Waals surface area contributed by atoms with Crippen LogP contribution in [-0.4, -0.2) is 24.3 Å². The molecule has 9 aliphatic carbocycles. The number of carbonyl (C=O) groups excluding carboxylic acids is 1. The third-order valence-corrected chi connectivity index (χ3v) is 17.6. The summed E-state index contributed by atoms with van der Waals surface area (Å²) in [5.74, 6) is 4.67. The van der Waals surface area contributed by atoms with E-state index in [9.17, 15) is 4.79 Å². The van der Waals surface area contributed by atoms with Crippen LogP contribution in [0.15, 0.2) is 12.2 Å². The van der Waals surface area contributed by atoms with Gasteiger partial charge >= 0.3 is 5.97 Å². The van der Waals surface area contributed by atoms with Crippen molar-refractivity contribution in [2.24, 2.45) is 73.9 Å². The average Bonchev–Trinajstić information content (AvgIpc) is 2.93. The summed E-state index contributed by atoms with van der Waals surface area (Å²) in [4.78, 5) is 13.8. The van der Waals surface area contributed by atoms with Gasteiger partial charge in [-0.2, -0.15) is 0 Å². The van der Waals surface area contributed by atoms with Crippen LogP contribution in [-0.2, 0) is 14.3 Å². The highest BCUT2D eigenvalue weighted by Gasteiger charge is 2.83. The Hall–Kier alpha value is -0.830. The largest absolute Gasteiger partial charge is 0.452 e. The van der Waals surface area contributed by atoms with E-state index in [4.69, 9.17) is 9.47 Å². The number of hydrogen-bond donors (Lipinski definition) is 0. The van der Waals surface area contributed by atoms with E-state index < -0.39 is 5.60 Å².